The second kappa shape index (κ2) is 4.96. The number of hydrogen-bond acceptors (Lipinski definition) is 4. The number of rotatable bonds is 6. The van der Waals surface area contributed by atoms with E-state index in [1.165, 1.54) is 7.11 Å². The topological polar surface area (TPSA) is 60.4 Å². The highest BCUT2D eigenvalue weighted by Gasteiger charge is 2.26. The third kappa shape index (κ3) is 4.64. The van der Waals surface area contributed by atoms with Gasteiger partial charge in [0, 0.05) is 0 Å². The van der Waals surface area contributed by atoms with E-state index in [0.29, 0.717) is 5.92 Å². The molecule has 1 saturated carbocycles. The molecule has 1 fully saturated rings. The summed E-state index contributed by atoms with van der Waals surface area (Å²) in [6.45, 7) is 1.58. The Morgan fingerprint density at radius 3 is 2.53 bits per heavy atom. The van der Waals surface area contributed by atoms with Gasteiger partial charge in [-0.1, -0.05) is 19.8 Å². The fraction of sp³-hybridized carbons (Fsp3) is 0.900. The van der Waals surface area contributed by atoms with Crippen molar-refractivity contribution in [2.24, 2.45) is 11.8 Å². The van der Waals surface area contributed by atoms with E-state index in [4.69, 9.17) is 0 Å². The van der Waals surface area contributed by atoms with Crippen LogP contribution in [0.1, 0.15) is 26.2 Å². The summed E-state index contributed by atoms with van der Waals surface area (Å²) < 4.78 is 27.7. The van der Waals surface area contributed by atoms with Crippen LogP contribution < -0.4 is 0 Å². The van der Waals surface area contributed by atoms with Crippen LogP contribution in [0.25, 0.3) is 0 Å². The molecule has 1 unspecified atom stereocenters. The molecule has 0 aromatic rings. The third-order valence-electron chi connectivity index (χ3n) is 2.64. The van der Waals surface area contributed by atoms with Gasteiger partial charge in [0.15, 0.2) is 9.84 Å². The van der Waals surface area contributed by atoms with Crippen LogP contribution in [0.3, 0.4) is 0 Å². The highest BCUT2D eigenvalue weighted by Crippen LogP contribution is 2.32. The van der Waals surface area contributed by atoms with Crippen LogP contribution in [-0.4, -0.2) is 33.0 Å². The van der Waals surface area contributed by atoms with Crippen molar-refractivity contribution < 1.29 is 17.9 Å². The van der Waals surface area contributed by atoms with Crippen molar-refractivity contribution in [2.75, 3.05) is 18.6 Å². The van der Waals surface area contributed by atoms with Crippen LogP contribution in [0.5, 0.6) is 0 Å². The van der Waals surface area contributed by atoms with Gasteiger partial charge in [-0.2, -0.15) is 0 Å². The minimum absolute atomic E-state index is 0.0909. The number of methoxy groups -OCH3 is 1. The zero-order valence-corrected chi connectivity index (χ0v) is 10.0. The molecule has 0 spiro atoms. The molecule has 0 saturated heterocycles. The van der Waals surface area contributed by atoms with E-state index in [1.54, 1.807) is 6.92 Å². The average Bonchev–Trinajstić information content (AvgIpc) is 2.96. The van der Waals surface area contributed by atoms with E-state index in [-0.39, 0.29) is 11.5 Å². The van der Waals surface area contributed by atoms with Crippen LogP contribution >= 0.6 is 0 Å². The average molecular weight is 234 g/mol. The largest absolute Gasteiger partial charge is 0.469 e. The number of sulfone groups is 1. The highest BCUT2D eigenvalue weighted by molar-refractivity contribution is 7.91. The van der Waals surface area contributed by atoms with E-state index in [0.717, 1.165) is 19.3 Å². The highest BCUT2D eigenvalue weighted by atomic mass is 32.2. The van der Waals surface area contributed by atoms with Gasteiger partial charge in [0.05, 0.1) is 24.5 Å². The van der Waals surface area contributed by atoms with Gasteiger partial charge in [-0.3, -0.25) is 4.79 Å². The molecule has 0 aliphatic heterocycles. The summed E-state index contributed by atoms with van der Waals surface area (Å²) >= 11 is 0. The summed E-state index contributed by atoms with van der Waals surface area (Å²) in [6.07, 6.45) is 3.06. The molecule has 0 aromatic carbocycles. The zero-order valence-electron chi connectivity index (χ0n) is 9.23. The van der Waals surface area contributed by atoms with Crippen molar-refractivity contribution in [3.05, 3.63) is 0 Å². The summed E-state index contributed by atoms with van der Waals surface area (Å²) in [4.78, 5) is 11.1. The summed E-state index contributed by atoms with van der Waals surface area (Å²) in [6, 6.07) is 0. The molecule has 1 atom stereocenters. The molecule has 0 radical (unpaired) electrons. The van der Waals surface area contributed by atoms with Crippen LogP contribution in [0.15, 0.2) is 0 Å². The second-order valence-corrected chi connectivity index (χ2v) is 6.50. The van der Waals surface area contributed by atoms with Crippen LogP contribution in [0, 0.1) is 11.8 Å². The van der Waals surface area contributed by atoms with Gasteiger partial charge in [-0.15, -0.1) is 0 Å². The van der Waals surface area contributed by atoms with Gasteiger partial charge in [0.25, 0.3) is 0 Å². The lowest BCUT2D eigenvalue weighted by Gasteiger charge is -2.09. The maximum Gasteiger partial charge on any atom is 0.309 e. The van der Waals surface area contributed by atoms with Crippen molar-refractivity contribution in [3.63, 3.8) is 0 Å². The minimum Gasteiger partial charge on any atom is -0.469 e. The molecule has 0 heterocycles. The Bertz CT molecular complexity index is 316. The summed E-state index contributed by atoms with van der Waals surface area (Å²) in [5, 5.41) is 0. The summed E-state index contributed by atoms with van der Waals surface area (Å²) in [7, 11) is -1.82. The Morgan fingerprint density at radius 1 is 1.47 bits per heavy atom. The molecule has 0 amide bonds. The minimum atomic E-state index is -3.09. The van der Waals surface area contributed by atoms with Crippen molar-refractivity contribution >= 4 is 15.8 Å². The van der Waals surface area contributed by atoms with E-state index in [1.807, 2.05) is 0 Å². The molecule has 15 heavy (non-hydrogen) atoms. The Labute approximate surface area is 90.9 Å². The normalized spacial score (nSPS) is 18.5. The van der Waals surface area contributed by atoms with Gasteiger partial charge >= 0.3 is 5.97 Å². The fourth-order valence-electron chi connectivity index (χ4n) is 1.49. The Balaban J connectivity index is 2.36. The molecule has 5 heteroatoms. The van der Waals surface area contributed by atoms with E-state index in [2.05, 4.69) is 4.74 Å². The number of ether oxygens (including phenoxy) is 1. The fourth-order valence-corrected chi connectivity index (χ4v) is 3.24. The molecule has 0 bridgehead atoms. The first kappa shape index (κ1) is 12.5. The third-order valence-corrected chi connectivity index (χ3v) is 4.51. The van der Waals surface area contributed by atoms with E-state index < -0.39 is 21.7 Å². The van der Waals surface area contributed by atoms with Gasteiger partial charge in [0.1, 0.15) is 0 Å². The van der Waals surface area contributed by atoms with Crippen LogP contribution in [0.4, 0.5) is 0 Å². The molecule has 0 aromatic heterocycles. The molecule has 0 N–H and O–H groups in total. The molecule has 1 rings (SSSR count). The Hall–Kier alpha value is -0.580. The SMILES string of the molecule is COC(=O)C(C)CS(=O)(=O)CCC1CC1. The first-order valence-electron chi connectivity index (χ1n) is 5.23. The lowest BCUT2D eigenvalue weighted by Crippen LogP contribution is -2.24. The van der Waals surface area contributed by atoms with Gasteiger partial charge in [-0.25, -0.2) is 8.42 Å². The molecular weight excluding hydrogens is 216 g/mol. The second-order valence-electron chi connectivity index (χ2n) is 4.27. The van der Waals surface area contributed by atoms with Crippen LogP contribution in [-0.2, 0) is 19.4 Å². The number of carbonyl (C=O) groups is 1. The Morgan fingerprint density at radius 2 is 2.07 bits per heavy atom. The maximum absolute atomic E-state index is 11.6. The zero-order chi connectivity index (χ0) is 11.5. The Kier molecular flexibility index (Phi) is 4.13. The molecule has 88 valence electrons. The van der Waals surface area contributed by atoms with E-state index >= 15 is 0 Å². The van der Waals surface area contributed by atoms with Crippen LogP contribution in [0.2, 0.25) is 0 Å². The number of esters is 1. The van der Waals surface area contributed by atoms with Crippen molar-refractivity contribution in [2.45, 2.75) is 26.2 Å². The summed E-state index contributed by atoms with van der Waals surface area (Å²) in [5.41, 5.74) is 0. The quantitative estimate of drug-likeness (QED) is 0.643. The van der Waals surface area contributed by atoms with Crippen molar-refractivity contribution in [1.82, 2.24) is 0 Å². The van der Waals surface area contributed by atoms with Gasteiger partial charge in [-0.05, 0) is 12.3 Å². The van der Waals surface area contributed by atoms with E-state index in [9.17, 15) is 13.2 Å². The first-order valence-corrected chi connectivity index (χ1v) is 7.05. The van der Waals surface area contributed by atoms with Crippen molar-refractivity contribution in [1.29, 1.82) is 0 Å². The lowest BCUT2D eigenvalue weighted by atomic mass is 10.2. The lowest BCUT2D eigenvalue weighted by molar-refractivity contribution is -0.144. The maximum atomic E-state index is 11.6. The summed E-state index contributed by atoms with van der Waals surface area (Å²) in [5.74, 6) is -0.289. The molecule has 4 nitrogen and oxygen atoms in total. The number of hydrogen-bond donors (Lipinski definition) is 0. The predicted molar refractivity (Wildman–Crippen MR) is 57.2 cm³/mol. The van der Waals surface area contributed by atoms with Gasteiger partial charge < -0.3 is 4.74 Å². The molecule has 1 aliphatic rings. The smallest absolute Gasteiger partial charge is 0.309 e. The molecular formula is C10H18O4S. The van der Waals surface area contributed by atoms with Gasteiger partial charge in [0.2, 0.25) is 0 Å². The van der Waals surface area contributed by atoms with Crippen molar-refractivity contribution in [3.8, 4) is 0 Å². The predicted octanol–water partition coefficient (Wildman–Crippen LogP) is 1.01. The standard InChI is InChI=1S/C10H18O4S/c1-8(10(11)14-2)7-15(12,13)6-5-9-3-4-9/h8-9H,3-7H2,1-2H3. The first-order chi connectivity index (χ1) is 6.94. The molecule has 1 aliphatic carbocycles. The number of carbonyl (C=O) groups excluding carboxylic acids is 1. The monoisotopic (exact) mass is 234 g/mol.